The van der Waals surface area contributed by atoms with Crippen molar-refractivity contribution in [3.8, 4) is 22.5 Å². The maximum Gasteiger partial charge on any atom is 0.274 e. The molecular formula is C30H27N7O. The van der Waals surface area contributed by atoms with Gasteiger partial charge in [-0.25, -0.2) is 19.9 Å². The summed E-state index contributed by atoms with van der Waals surface area (Å²) in [5.74, 6) is 0.681. The first-order chi connectivity index (χ1) is 18.4. The zero-order chi connectivity index (χ0) is 26.3. The van der Waals surface area contributed by atoms with Crippen molar-refractivity contribution < 1.29 is 4.79 Å². The largest absolute Gasteiger partial charge is 0.382 e. The van der Waals surface area contributed by atoms with Gasteiger partial charge in [-0.2, -0.15) is 0 Å². The molecule has 3 aromatic heterocycles. The standard InChI is InChI=1S/C30H27N7O/c1-30(2,29-33-16-22(17-34-29)18-10-11-18)37-28(38)26-27(31)36-24(19-7-4-3-5-8-19)25(35-26)21-12-13-23-20(15-21)9-6-14-32-23/h3-9,12-18H,10-11H2,1-2H3,(H2,31,36)(H,37,38). The lowest BCUT2D eigenvalue weighted by Crippen LogP contribution is -2.43. The molecule has 0 unspecified atom stereocenters. The van der Waals surface area contributed by atoms with Crippen molar-refractivity contribution in [2.24, 2.45) is 0 Å². The summed E-state index contributed by atoms with van der Waals surface area (Å²) in [4.78, 5) is 36.5. The van der Waals surface area contributed by atoms with Gasteiger partial charge < -0.3 is 11.1 Å². The topological polar surface area (TPSA) is 120 Å². The molecule has 8 nitrogen and oxygen atoms in total. The molecule has 1 amide bonds. The molecule has 3 heterocycles. The van der Waals surface area contributed by atoms with Crippen LogP contribution in [0.1, 0.15) is 54.5 Å². The minimum absolute atomic E-state index is 0.0494. The minimum Gasteiger partial charge on any atom is -0.382 e. The van der Waals surface area contributed by atoms with Crippen LogP contribution in [0, 0.1) is 0 Å². The second-order valence-electron chi connectivity index (χ2n) is 10.1. The summed E-state index contributed by atoms with van der Waals surface area (Å²) in [6, 6.07) is 19.4. The Balaban J connectivity index is 1.39. The van der Waals surface area contributed by atoms with Gasteiger partial charge in [-0.1, -0.05) is 42.5 Å². The van der Waals surface area contributed by atoms with Crippen LogP contribution in [0.4, 0.5) is 5.82 Å². The molecule has 8 heteroatoms. The molecule has 0 atom stereocenters. The number of nitrogens with one attached hydrogen (secondary N) is 1. The van der Waals surface area contributed by atoms with Crippen LogP contribution in [0.3, 0.4) is 0 Å². The Morgan fingerprint density at radius 1 is 0.895 bits per heavy atom. The molecule has 1 fully saturated rings. The van der Waals surface area contributed by atoms with Gasteiger partial charge in [0, 0.05) is 35.1 Å². The van der Waals surface area contributed by atoms with E-state index >= 15 is 0 Å². The summed E-state index contributed by atoms with van der Waals surface area (Å²) in [7, 11) is 0. The maximum atomic E-state index is 13.5. The number of nitrogens with two attached hydrogens (primary N) is 1. The summed E-state index contributed by atoms with van der Waals surface area (Å²) < 4.78 is 0. The van der Waals surface area contributed by atoms with Gasteiger partial charge >= 0.3 is 0 Å². The zero-order valence-corrected chi connectivity index (χ0v) is 21.2. The Bertz CT molecular complexity index is 1650. The molecular weight excluding hydrogens is 474 g/mol. The van der Waals surface area contributed by atoms with E-state index in [-0.39, 0.29) is 11.5 Å². The van der Waals surface area contributed by atoms with Gasteiger partial charge in [-0.3, -0.25) is 9.78 Å². The van der Waals surface area contributed by atoms with E-state index in [9.17, 15) is 4.79 Å². The molecule has 0 bridgehead atoms. The van der Waals surface area contributed by atoms with E-state index in [0.29, 0.717) is 23.1 Å². The van der Waals surface area contributed by atoms with Crippen molar-refractivity contribution in [3.05, 3.63) is 96.3 Å². The lowest BCUT2D eigenvalue weighted by Gasteiger charge is -2.25. The summed E-state index contributed by atoms with van der Waals surface area (Å²) in [5, 5.41) is 3.96. The number of carbonyl (C=O) groups excluding carboxylic acids is 1. The molecule has 38 heavy (non-hydrogen) atoms. The quantitative estimate of drug-likeness (QED) is 0.325. The van der Waals surface area contributed by atoms with Crippen molar-refractivity contribution in [2.45, 2.75) is 38.1 Å². The second-order valence-corrected chi connectivity index (χ2v) is 10.1. The van der Waals surface area contributed by atoms with Gasteiger partial charge in [-0.15, -0.1) is 0 Å². The van der Waals surface area contributed by atoms with Crippen molar-refractivity contribution in [1.82, 2.24) is 30.2 Å². The maximum absolute atomic E-state index is 13.5. The van der Waals surface area contributed by atoms with Crippen LogP contribution in [0.25, 0.3) is 33.4 Å². The summed E-state index contributed by atoms with van der Waals surface area (Å²) in [6.07, 6.45) is 7.81. The number of anilines is 1. The van der Waals surface area contributed by atoms with Crippen molar-refractivity contribution in [2.75, 3.05) is 5.73 Å². The third-order valence-electron chi connectivity index (χ3n) is 6.77. The number of amides is 1. The van der Waals surface area contributed by atoms with E-state index in [2.05, 4.69) is 25.3 Å². The summed E-state index contributed by atoms with van der Waals surface area (Å²) in [5.41, 5.74) is 10.4. The number of aromatic nitrogens is 5. The highest BCUT2D eigenvalue weighted by atomic mass is 16.2. The van der Waals surface area contributed by atoms with Crippen LogP contribution >= 0.6 is 0 Å². The Labute approximate surface area is 220 Å². The highest BCUT2D eigenvalue weighted by molar-refractivity contribution is 5.98. The number of fused-ring (bicyclic) bond motifs is 1. The monoisotopic (exact) mass is 501 g/mol. The Hall–Kier alpha value is -4.72. The van der Waals surface area contributed by atoms with Crippen molar-refractivity contribution >= 4 is 22.6 Å². The van der Waals surface area contributed by atoms with Crippen LogP contribution in [0.15, 0.2) is 79.3 Å². The molecule has 3 N–H and O–H groups in total. The fourth-order valence-electron chi connectivity index (χ4n) is 4.52. The number of carbonyl (C=O) groups is 1. The van der Waals surface area contributed by atoms with Crippen LogP contribution in [0.5, 0.6) is 0 Å². The fourth-order valence-corrected chi connectivity index (χ4v) is 4.52. The average Bonchev–Trinajstić information content (AvgIpc) is 3.79. The number of pyridine rings is 1. The smallest absolute Gasteiger partial charge is 0.274 e. The molecule has 1 aliphatic rings. The first-order valence-corrected chi connectivity index (χ1v) is 12.6. The molecule has 188 valence electrons. The lowest BCUT2D eigenvalue weighted by molar-refractivity contribution is 0.0904. The summed E-state index contributed by atoms with van der Waals surface area (Å²) >= 11 is 0. The van der Waals surface area contributed by atoms with Crippen LogP contribution in [0.2, 0.25) is 0 Å². The molecule has 0 saturated heterocycles. The molecule has 0 radical (unpaired) electrons. The summed E-state index contributed by atoms with van der Waals surface area (Å²) in [6.45, 7) is 3.71. The van der Waals surface area contributed by atoms with Gasteiger partial charge in [0.1, 0.15) is 0 Å². The number of nitrogens with zero attached hydrogens (tertiary/aromatic N) is 5. The van der Waals surface area contributed by atoms with Gasteiger partial charge in [0.05, 0.1) is 22.4 Å². The van der Waals surface area contributed by atoms with Gasteiger partial charge in [-0.05, 0) is 56.4 Å². The number of rotatable bonds is 6. The molecule has 2 aromatic carbocycles. The van der Waals surface area contributed by atoms with E-state index in [1.165, 1.54) is 12.8 Å². The highest BCUT2D eigenvalue weighted by Gasteiger charge is 2.30. The molecule has 0 aliphatic heterocycles. The fraction of sp³-hybridized carbons (Fsp3) is 0.200. The molecule has 6 rings (SSSR count). The van der Waals surface area contributed by atoms with E-state index in [4.69, 9.17) is 10.7 Å². The minimum atomic E-state index is -0.847. The first kappa shape index (κ1) is 23.7. The molecule has 5 aromatic rings. The molecule has 1 saturated carbocycles. The van der Waals surface area contributed by atoms with Gasteiger partial charge in [0.15, 0.2) is 17.3 Å². The molecule has 1 aliphatic carbocycles. The Kier molecular flexibility index (Phi) is 5.79. The number of hydrogen-bond acceptors (Lipinski definition) is 7. The predicted molar refractivity (Wildman–Crippen MR) is 147 cm³/mol. The predicted octanol–water partition coefficient (Wildman–Crippen LogP) is 5.27. The number of nitrogen functional groups attached to an aromatic ring is 1. The first-order valence-electron chi connectivity index (χ1n) is 12.6. The van der Waals surface area contributed by atoms with Crippen LogP contribution in [-0.4, -0.2) is 30.8 Å². The lowest BCUT2D eigenvalue weighted by atomic mass is 10.0. The second kappa shape index (κ2) is 9.30. The van der Waals surface area contributed by atoms with Crippen molar-refractivity contribution in [3.63, 3.8) is 0 Å². The number of benzene rings is 2. The van der Waals surface area contributed by atoms with E-state index < -0.39 is 11.4 Å². The average molecular weight is 502 g/mol. The van der Waals surface area contributed by atoms with Gasteiger partial charge in [0.2, 0.25) is 0 Å². The van der Waals surface area contributed by atoms with E-state index in [1.807, 2.05) is 86.9 Å². The van der Waals surface area contributed by atoms with Crippen molar-refractivity contribution in [1.29, 1.82) is 0 Å². The van der Waals surface area contributed by atoms with Crippen LogP contribution < -0.4 is 11.1 Å². The van der Waals surface area contributed by atoms with Crippen LogP contribution in [-0.2, 0) is 5.54 Å². The third kappa shape index (κ3) is 4.56. The zero-order valence-electron chi connectivity index (χ0n) is 21.2. The SMILES string of the molecule is CC(C)(NC(=O)c1nc(-c2ccc3ncccc3c2)c(-c2ccccc2)nc1N)c1ncc(C2CC2)cn1. The third-order valence-corrected chi connectivity index (χ3v) is 6.77. The normalized spacial score (nSPS) is 13.4. The van der Waals surface area contributed by atoms with E-state index in [1.54, 1.807) is 6.20 Å². The Morgan fingerprint density at radius 2 is 1.63 bits per heavy atom. The van der Waals surface area contributed by atoms with E-state index in [0.717, 1.165) is 27.6 Å². The molecule has 0 spiro atoms. The van der Waals surface area contributed by atoms with Gasteiger partial charge in [0.25, 0.3) is 5.91 Å². The number of hydrogen-bond donors (Lipinski definition) is 2. The Morgan fingerprint density at radius 3 is 2.37 bits per heavy atom. The highest BCUT2D eigenvalue weighted by Crippen LogP contribution is 2.39.